The van der Waals surface area contributed by atoms with E-state index in [2.05, 4.69) is 10.6 Å². The average molecular weight is 374 g/mol. The van der Waals surface area contributed by atoms with Crippen LogP contribution >= 0.6 is 0 Å². The van der Waals surface area contributed by atoms with Crippen molar-refractivity contribution in [3.63, 3.8) is 0 Å². The Morgan fingerprint density at radius 3 is 2.22 bits per heavy atom. The minimum absolute atomic E-state index is 0.0945. The molecule has 0 saturated heterocycles. The Kier molecular flexibility index (Phi) is 6.58. The van der Waals surface area contributed by atoms with Gasteiger partial charge in [-0.2, -0.15) is 0 Å². The molecule has 2 fully saturated rings. The predicted molar refractivity (Wildman–Crippen MR) is 103 cm³/mol. The normalized spacial score (nSPS) is 18.9. The summed E-state index contributed by atoms with van der Waals surface area (Å²) in [4.78, 5) is 25.2. The fourth-order valence-electron chi connectivity index (χ4n) is 3.60. The highest BCUT2D eigenvalue weighted by molar-refractivity contribution is 6.07. The lowest BCUT2D eigenvalue weighted by Crippen LogP contribution is -2.47. The number of rotatable bonds is 8. The van der Waals surface area contributed by atoms with E-state index in [1.807, 2.05) is 24.3 Å². The quantitative estimate of drug-likeness (QED) is 0.417. The van der Waals surface area contributed by atoms with Crippen LogP contribution in [0.25, 0.3) is 0 Å². The molecule has 2 amide bonds. The predicted octanol–water partition coefficient (Wildman–Crippen LogP) is 2.81. The zero-order valence-electron chi connectivity index (χ0n) is 16.1. The van der Waals surface area contributed by atoms with Crippen molar-refractivity contribution in [2.24, 2.45) is 5.41 Å². The third kappa shape index (κ3) is 5.15. The number of methoxy groups -OCH3 is 1. The number of carbonyl (C=O) groups is 2. The molecule has 148 valence electrons. The first-order chi connectivity index (χ1) is 13.1. The van der Waals surface area contributed by atoms with Gasteiger partial charge in [-0.1, -0.05) is 25.7 Å². The molecule has 0 radical (unpaired) electrons. The highest BCUT2D eigenvalue weighted by Gasteiger charge is 2.56. The molecular weight excluding hydrogens is 344 g/mol. The van der Waals surface area contributed by atoms with Gasteiger partial charge in [-0.25, -0.2) is 0 Å². The summed E-state index contributed by atoms with van der Waals surface area (Å²) in [5.74, 6) is 1.22. The summed E-state index contributed by atoms with van der Waals surface area (Å²) in [6.07, 6.45) is 8.13. The Hall–Kier alpha value is -2.24. The second kappa shape index (κ2) is 9.11. The van der Waals surface area contributed by atoms with Crippen molar-refractivity contribution < 1.29 is 19.1 Å². The van der Waals surface area contributed by atoms with Crippen LogP contribution in [0.2, 0.25) is 0 Å². The van der Waals surface area contributed by atoms with Crippen LogP contribution in [0.1, 0.15) is 51.4 Å². The molecule has 3 rings (SSSR count). The number of ether oxygens (including phenoxy) is 2. The number of nitrogens with one attached hydrogen (secondary N) is 2. The summed E-state index contributed by atoms with van der Waals surface area (Å²) < 4.78 is 10.7. The average Bonchev–Trinajstić information content (AvgIpc) is 3.51. The number of amides is 2. The van der Waals surface area contributed by atoms with Gasteiger partial charge in [-0.15, -0.1) is 0 Å². The first-order valence-corrected chi connectivity index (χ1v) is 10.0. The largest absolute Gasteiger partial charge is 0.497 e. The molecule has 0 unspecified atom stereocenters. The maximum absolute atomic E-state index is 12.6. The summed E-state index contributed by atoms with van der Waals surface area (Å²) in [6.45, 7) is 0.738. The number of benzene rings is 1. The molecule has 1 aromatic carbocycles. The van der Waals surface area contributed by atoms with Crippen molar-refractivity contribution in [2.75, 3.05) is 20.3 Å². The van der Waals surface area contributed by atoms with Gasteiger partial charge >= 0.3 is 0 Å². The highest BCUT2D eigenvalue weighted by Crippen LogP contribution is 2.46. The first kappa shape index (κ1) is 19.5. The van der Waals surface area contributed by atoms with Gasteiger partial charge in [0.2, 0.25) is 11.8 Å². The van der Waals surface area contributed by atoms with Crippen LogP contribution in [0.5, 0.6) is 11.5 Å². The highest BCUT2D eigenvalue weighted by atomic mass is 16.5. The number of carbonyl (C=O) groups excluding carboxylic acids is 2. The lowest BCUT2D eigenvalue weighted by molar-refractivity contribution is -0.137. The van der Waals surface area contributed by atoms with E-state index in [9.17, 15) is 9.59 Å². The van der Waals surface area contributed by atoms with E-state index in [1.54, 1.807) is 7.11 Å². The zero-order chi connectivity index (χ0) is 19.1. The van der Waals surface area contributed by atoms with Crippen molar-refractivity contribution in [3.05, 3.63) is 24.3 Å². The fourth-order valence-corrected chi connectivity index (χ4v) is 3.60. The van der Waals surface area contributed by atoms with Crippen LogP contribution in [0.15, 0.2) is 24.3 Å². The maximum atomic E-state index is 12.6. The van der Waals surface area contributed by atoms with Gasteiger partial charge in [0.1, 0.15) is 23.5 Å². The Morgan fingerprint density at radius 2 is 1.63 bits per heavy atom. The molecule has 0 aliphatic heterocycles. The third-order valence-corrected chi connectivity index (χ3v) is 5.53. The topological polar surface area (TPSA) is 76.7 Å². The minimum Gasteiger partial charge on any atom is -0.497 e. The molecule has 2 aliphatic rings. The minimum atomic E-state index is -0.855. The molecule has 0 aromatic heterocycles. The summed E-state index contributed by atoms with van der Waals surface area (Å²) in [5.41, 5.74) is -0.855. The van der Waals surface area contributed by atoms with Crippen LogP contribution in [-0.4, -0.2) is 38.1 Å². The Bertz CT molecular complexity index is 632. The molecule has 2 saturated carbocycles. The number of hydrogen-bond acceptors (Lipinski definition) is 4. The standard InChI is InChI=1S/C21H30N2O4/c1-26-17-8-10-18(11-9-17)27-15-14-22-19(24)21(12-13-21)20(25)23-16-6-4-2-3-5-7-16/h8-11,16H,2-7,12-15H2,1H3,(H,22,24)(H,23,25). The second-order valence-electron chi connectivity index (χ2n) is 7.52. The van der Waals surface area contributed by atoms with E-state index in [1.165, 1.54) is 12.8 Å². The third-order valence-electron chi connectivity index (χ3n) is 5.53. The van der Waals surface area contributed by atoms with Crippen LogP contribution < -0.4 is 20.1 Å². The van der Waals surface area contributed by atoms with Gasteiger partial charge in [0, 0.05) is 6.04 Å². The van der Waals surface area contributed by atoms with E-state index in [0.717, 1.165) is 37.2 Å². The molecule has 27 heavy (non-hydrogen) atoms. The molecule has 2 N–H and O–H groups in total. The summed E-state index contributed by atoms with van der Waals surface area (Å²) in [6, 6.07) is 7.52. The molecule has 6 nitrogen and oxygen atoms in total. The maximum Gasteiger partial charge on any atom is 0.235 e. The van der Waals surface area contributed by atoms with E-state index in [0.29, 0.717) is 26.0 Å². The first-order valence-electron chi connectivity index (χ1n) is 10.0. The Morgan fingerprint density at radius 1 is 1.00 bits per heavy atom. The SMILES string of the molecule is COc1ccc(OCCNC(=O)C2(C(=O)NC3CCCCCC3)CC2)cc1. The summed E-state index contributed by atoms with van der Waals surface area (Å²) in [7, 11) is 1.62. The molecular formula is C21H30N2O4. The number of hydrogen-bond donors (Lipinski definition) is 2. The van der Waals surface area contributed by atoms with Crippen molar-refractivity contribution in [2.45, 2.75) is 57.4 Å². The van der Waals surface area contributed by atoms with E-state index in [4.69, 9.17) is 9.47 Å². The van der Waals surface area contributed by atoms with Crippen LogP contribution in [0.3, 0.4) is 0 Å². The van der Waals surface area contributed by atoms with E-state index in [-0.39, 0.29) is 17.9 Å². The second-order valence-corrected chi connectivity index (χ2v) is 7.52. The lowest BCUT2D eigenvalue weighted by Gasteiger charge is -2.21. The Labute approximate surface area is 161 Å². The van der Waals surface area contributed by atoms with Crippen LogP contribution in [-0.2, 0) is 9.59 Å². The smallest absolute Gasteiger partial charge is 0.235 e. The Balaban J connectivity index is 1.40. The van der Waals surface area contributed by atoms with Gasteiger partial charge in [-0.3, -0.25) is 9.59 Å². The molecule has 0 heterocycles. The molecule has 1 aromatic rings. The van der Waals surface area contributed by atoms with Gasteiger partial charge in [0.05, 0.1) is 13.7 Å². The molecule has 0 spiro atoms. The zero-order valence-corrected chi connectivity index (χ0v) is 16.1. The van der Waals surface area contributed by atoms with E-state index < -0.39 is 5.41 Å². The van der Waals surface area contributed by atoms with Crippen LogP contribution in [0, 0.1) is 5.41 Å². The van der Waals surface area contributed by atoms with Crippen molar-refractivity contribution in [1.29, 1.82) is 0 Å². The van der Waals surface area contributed by atoms with Gasteiger partial charge in [0.15, 0.2) is 0 Å². The van der Waals surface area contributed by atoms with Crippen LogP contribution in [0.4, 0.5) is 0 Å². The van der Waals surface area contributed by atoms with Gasteiger partial charge < -0.3 is 20.1 Å². The molecule has 0 bridgehead atoms. The molecule has 0 atom stereocenters. The van der Waals surface area contributed by atoms with E-state index >= 15 is 0 Å². The monoisotopic (exact) mass is 374 g/mol. The summed E-state index contributed by atoms with van der Waals surface area (Å²) in [5, 5.41) is 5.99. The van der Waals surface area contributed by atoms with Crippen molar-refractivity contribution >= 4 is 11.8 Å². The van der Waals surface area contributed by atoms with Crippen molar-refractivity contribution in [1.82, 2.24) is 10.6 Å². The lowest BCUT2D eigenvalue weighted by atomic mass is 10.0. The fraction of sp³-hybridized carbons (Fsp3) is 0.619. The summed E-state index contributed by atoms with van der Waals surface area (Å²) >= 11 is 0. The molecule has 6 heteroatoms. The van der Waals surface area contributed by atoms with Crippen molar-refractivity contribution in [3.8, 4) is 11.5 Å². The van der Waals surface area contributed by atoms with Gasteiger partial charge in [0.25, 0.3) is 0 Å². The molecule has 2 aliphatic carbocycles. The van der Waals surface area contributed by atoms with Gasteiger partial charge in [-0.05, 0) is 49.9 Å².